The van der Waals surface area contributed by atoms with Crippen molar-refractivity contribution in [2.45, 2.75) is 33.3 Å². The second kappa shape index (κ2) is 10.4. The highest BCUT2D eigenvalue weighted by molar-refractivity contribution is 7.21. The number of carbonyl (C=O) groups is 2. The number of anilines is 3. The first-order chi connectivity index (χ1) is 18.2. The molecule has 0 aromatic carbocycles. The van der Waals surface area contributed by atoms with E-state index >= 15 is 0 Å². The number of morpholine rings is 1. The molecule has 38 heavy (non-hydrogen) atoms. The molecule has 1 saturated heterocycles. The van der Waals surface area contributed by atoms with Crippen LogP contribution < -0.4 is 15.5 Å². The molecule has 198 valence electrons. The molecule has 11 nitrogen and oxygen atoms in total. The zero-order valence-electron chi connectivity index (χ0n) is 21.6. The maximum atomic E-state index is 13.2. The van der Waals surface area contributed by atoms with Gasteiger partial charge in [0, 0.05) is 25.5 Å². The Morgan fingerprint density at radius 1 is 1.11 bits per heavy atom. The number of carbonyl (C=O) groups excluding carboxylic acids is 2. The number of ether oxygens (including phenoxy) is 2. The van der Waals surface area contributed by atoms with Crippen LogP contribution in [0.15, 0.2) is 43.0 Å². The lowest BCUT2D eigenvalue weighted by atomic mass is 10.2. The van der Waals surface area contributed by atoms with E-state index in [-0.39, 0.29) is 5.91 Å². The molecule has 4 aromatic heterocycles. The summed E-state index contributed by atoms with van der Waals surface area (Å²) < 4.78 is 12.4. The molecule has 2 N–H and O–H groups in total. The molecular weight excluding hydrogens is 506 g/mol. The fourth-order valence-electron chi connectivity index (χ4n) is 3.95. The molecule has 0 aliphatic carbocycles. The third kappa shape index (κ3) is 5.76. The molecule has 1 fully saturated rings. The molecule has 1 aliphatic rings. The van der Waals surface area contributed by atoms with Gasteiger partial charge >= 0.3 is 6.09 Å². The Bertz CT molecular complexity index is 1480. The highest BCUT2D eigenvalue weighted by Crippen LogP contribution is 2.32. The first-order valence-electron chi connectivity index (χ1n) is 12.2. The average molecular weight is 536 g/mol. The smallest absolute Gasteiger partial charge is 0.412 e. The van der Waals surface area contributed by atoms with Gasteiger partial charge in [-0.3, -0.25) is 15.1 Å². The van der Waals surface area contributed by atoms with Gasteiger partial charge in [0.25, 0.3) is 5.91 Å². The van der Waals surface area contributed by atoms with Crippen LogP contribution in [0.25, 0.3) is 15.3 Å². The van der Waals surface area contributed by atoms with Crippen LogP contribution in [0.3, 0.4) is 0 Å². The fraction of sp³-hybridized carbons (Fsp3) is 0.346. The largest absolute Gasteiger partial charge is 0.444 e. The summed E-state index contributed by atoms with van der Waals surface area (Å²) in [4.78, 5) is 38.1. The van der Waals surface area contributed by atoms with E-state index in [1.807, 2.05) is 12.3 Å². The Hall–Kier alpha value is -4.03. The number of thiazole rings is 1. The standard InChI is InChI=1S/C26H29N7O4S/c1-16-20(12-18(13-28-16)30-25(35)37-26(2,3)4)31-23(34)19-14-29-33-15-21(38-24(19)33)17-5-6-27-22(11-17)32-7-9-36-10-8-32/h5-6,11-15H,7-10H2,1-4H3,(H,30,35)(H,31,34). The predicted octanol–water partition coefficient (Wildman–Crippen LogP) is 4.60. The molecule has 0 atom stereocenters. The fourth-order valence-corrected chi connectivity index (χ4v) is 5.01. The summed E-state index contributed by atoms with van der Waals surface area (Å²) in [6.45, 7) is 10.1. The van der Waals surface area contributed by atoms with Gasteiger partial charge < -0.3 is 19.7 Å². The summed E-state index contributed by atoms with van der Waals surface area (Å²) in [5.41, 5.74) is 2.30. The number of amides is 2. The van der Waals surface area contributed by atoms with Crippen molar-refractivity contribution < 1.29 is 19.1 Å². The highest BCUT2D eigenvalue weighted by atomic mass is 32.1. The quantitative estimate of drug-likeness (QED) is 0.380. The van der Waals surface area contributed by atoms with E-state index in [0.717, 1.165) is 34.2 Å². The summed E-state index contributed by atoms with van der Waals surface area (Å²) in [6, 6.07) is 5.65. The molecule has 5 heterocycles. The third-order valence-electron chi connectivity index (χ3n) is 5.79. The van der Waals surface area contributed by atoms with Crippen molar-refractivity contribution in [2.75, 3.05) is 41.8 Å². The van der Waals surface area contributed by atoms with Crippen LogP contribution in [0, 0.1) is 6.92 Å². The Morgan fingerprint density at radius 2 is 1.89 bits per heavy atom. The molecule has 2 amide bonds. The van der Waals surface area contributed by atoms with Crippen LogP contribution in [0.4, 0.5) is 22.0 Å². The Labute approximate surface area is 223 Å². The summed E-state index contributed by atoms with van der Waals surface area (Å²) in [6.07, 6.45) is 6.16. The molecule has 5 rings (SSSR count). The zero-order valence-corrected chi connectivity index (χ0v) is 22.5. The number of aromatic nitrogens is 4. The maximum Gasteiger partial charge on any atom is 0.412 e. The number of nitrogens with zero attached hydrogens (tertiary/aromatic N) is 5. The topological polar surface area (TPSA) is 123 Å². The van der Waals surface area contributed by atoms with E-state index in [0.29, 0.717) is 35.8 Å². The second-order valence-electron chi connectivity index (χ2n) is 9.84. The zero-order chi connectivity index (χ0) is 26.9. The predicted molar refractivity (Wildman–Crippen MR) is 146 cm³/mol. The van der Waals surface area contributed by atoms with Gasteiger partial charge in [-0.2, -0.15) is 5.10 Å². The van der Waals surface area contributed by atoms with E-state index < -0.39 is 11.7 Å². The molecule has 0 bridgehead atoms. The lowest BCUT2D eigenvalue weighted by molar-refractivity contribution is 0.0635. The number of hydrogen-bond acceptors (Lipinski definition) is 9. The van der Waals surface area contributed by atoms with Crippen molar-refractivity contribution in [1.82, 2.24) is 19.6 Å². The normalized spacial score (nSPS) is 13.9. The van der Waals surface area contributed by atoms with E-state index in [9.17, 15) is 9.59 Å². The highest BCUT2D eigenvalue weighted by Gasteiger charge is 2.20. The molecule has 0 saturated carbocycles. The van der Waals surface area contributed by atoms with Crippen molar-refractivity contribution >= 4 is 45.4 Å². The van der Waals surface area contributed by atoms with E-state index in [1.165, 1.54) is 17.5 Å². The van der Waals surface area contributed by atoms with E-state index in [1.54, 1.807) is 50.7 Å². The summed E-state index contributed by atoms with van der Waals surface area (Å²) in [5, 5.41) is 9.94. The molecular formula is C26H29N7O4S. The molecule has 4 aromatic rings. The number of rotatable bonds is 5. The summed E-state index contributed by atoms with van der Waals surface area (Å²) >= 11 is 1.48. The number of fused-ring (bicyclic) bond motifs is 1. The van der Waals surface area contributed by atoms with E-state index in [4.69, 9.17) is 9.47 Å². The van der Waals surface area contributed by atoms with Crippen molar-refractivity contribution in [3.8, 4) is 10.4 Å². The Morgan fingerprint density at radius 3 is 2.66 bits per heavy atom. The molecule has 0 spiro atoms. The van der Waals surface area contributed by atoms with Crippen molar-refractivity contribution in [3.63, 3.8) is 0 Å². The van der Waals surface area contributed by atoms with Gasteiger partial charge in [-0.05, 0) is 51.5 Å². The van der Waals surface area contributed by atoms with Crippen molar-refractivity contribution in [3.05, 3.63) is 54.2 Å². The van der Waals surface area contributed by atoms with Crippen LogP contribution in [-0.4, -0.2) is 63.5 Å². The number of nitrogens with one attached hydrogen (secondary N) is 2. The van der Waals surface area contributed by atoms with Crippen LogP contribution in [0.1, 0.15) is 36.8 Å². The van der Waals surface area contributed by atoms with Gasteiger partial charge in [-0.25, -0.2) is 14.3 Å². The number of pyridine rings is 2. The molecule has 1 aliphatic heterocycles. The van der Waals surface area contributed by atoms with Crippen LogP contribution in [-0.2, 0) is 9.47 Å². The number of hydrogen-bond donors (Lipinski definition) is 2. The first-order valence-corrected chi connectivity index (χ1v) is 13.0. The number of aryl methyl sites for hydroxylation is 1. The van der Waals surface area contributed by atoms with Gasteiger partial charge in [0.05, 0.1) is 53.1 Å². The van der Waals surface area contributed by atoms with Gasteiger partial charge in [-0.15, -0.1) is 11.3 Å². The summed E-state index contributed by atoms with van der Waals surface area (Å²) in [5.74, 6) is 0.578. The Kier molecular flexibility index (Phi) is 7.00. The first kappa shape index (κ1) is 25.6. The van der Waals surface area contributed by atoms with Gasteiger partial charge in [0.2, 0.25) is 0 Å². The molecule has 12 heteroatoms. The maximum absolute atomic E-state index is 13.2. The van der Waals surface area contributed by atoms with Crippen molar-refractivity contribution in [2.24, 2.45) is 0 Å². The van der Waals surface area contributed by atoms with Gasteiger partial charge in [0.15, 0.2) is 0 Å². The Balaban J connectivity index is 1.34. The second-order valence-corrected chi connectivity index (χ2v) is 10.9. The average Bonchev–Trinajstić information content (AvgIpc) is 3.47. The monoisotopic (exact) mass is 535 g/mol. The molecule has 0 unspecified atom stereocenters. The SMILES string of the molecule is Cc1ncc(NC(=O)OC(C)(C)C)cc1NC(=O)c1cnn2cc(-c3ccnc(N4CCOCC4)c3)sc12. The minimum Gasteiger partial charge on any atom is -0.444 e. The van der Waals surface area contributed by atoms with Gasteiger partial charge in [0.1, 0.15) is 16.2 Å². The van der Waals surface area contributed by atoms with E-state index in [2.05, 4.69) is 36.7 Å². The lowest BCUT2D eigenvalue weighted by Gasteiger charge is -2.27. The molecule has 0 radical (unpaired) electrons. The van der Waals surface area contributed by atoms with Crippen LogP contribution in [0.2, 0.25) is 0 Å². The minimum atomic E-state index is -0.632. The lowest BCUT2D eigenvalue weighted by Crippen LogP contribution is -2.36. The van der Waals surface area contributed by atoms with Crippen LogP contribution in [0.5, 0.6) is 0 Å². The summed E-state index contributed by atoms with van der Waals surface area (Å²) in [7, 11) is 0. The third-order valence-corrected chi connectivity index (χ3v) is 6.95. The van der Waals surface area contributed by atoms with Gasteiger partial charge in [-0.1, -0.05) is 0 Å². The van der Waals surface area contributed by atoms with Crippen molar-refractivity contribution in [1.29, 1.82) is 0 Å². The van der Waals surface area contributed by atoms with Crippen LogP contribution >= 0.6 is 11.3 Å². The minimum absolute atomic E-state index is 0.323.